The minimum atomic E-state index is 0.132. The molecule has 0 aromatic carbocycles. The Morgan fingerprint density at radius 1 is 1.11 bits per heavy atom. The second kappa shape index (κ2) is 9.34. The van der Waals surface area contributed by atoms with Gasteiger partial charge in [-0.3, -0.25) is 4.79 Å². The van der Waals surface area contributed by atoms with Gasteiger partial charge in [-0.25, -0.2) is 0 Å². The summed E-state index contributed by atoms with van der Waals surface area (Å²) in [6.07, 6.45) is 0.910. The molecule has 1 amide bonds. The summed E-state index contributed by atoms with van der Waals surface area (Å²) in [6.45, 7) is 14.7. The van der Waals surface area contributed by atoms with Crippen LogP contribution >= 0.6 is 0 Å². The van der Waals surface area contributed by atoms with Crippen LogP contribution in [0.5, 0.6) is 0 Å². The van der Waals surface area contributed by atoms with Gasteiger partial charge < -0.3 is 15.1 Å². The molecule has 0 saturated heterocycles. The van der Waals surface area contributed by atoms with Gasteiger partial charge >= 0.3 is 0 Å². The van der Waals surface area contributed by atoms with E-state index in [0.29, 0.717) is 0 Å². The lowest BCUT2D eigenvalue weighted by atomic mass is 10.1. The Morgan fingerprint density at radius 2 is 1.67 bits per heavy atom. The number of carbonyl (C=O) groups is 1. The second-order valence-electron chi connectivity index (χ2n) is 5.13. The van der Waals surface area contributed by atoms with E-state index in [-0.39, 0.29) is 11.8 Å². The van der Waals surface area contributed by atoms with E-state index in [9.17, 15) is 4.79 Å². The molecule has 108 valence electrons. The lowest BCUT2D eigenvalue weighted by molar-refractivity contribution is -0.922. The maximum atomic E-state index is 11.7. The van der Waals surface area contributed by atoms with Gasteiger partial charge in [-0.2, -0.15) is 0 Å². The number of carbonyl (C=O) groups excluding carboxylic acids is 1. The molecule has 0 aliphatic rings. The van der Waals surface area contributed by atoms with Gasteiger partial charge in [-0.1, -0.05) is 13.8 Å². The first kappa shape index (κ1) is 17.4. The zero-order valence-electron chi connectivity index (χ0n) is 12.9. The van der Waals surface area contributed by atoms with Crippen LogP contribution < -0.4 is 10.6 Å². The van der Waals surface area contributed by atoms with Crippen molar-refractivity contribution in [3.05, 3.63) is 0 Å². The topological polar surface area (TPSA) is 41.1 Å². The zero-order chi connectivity index (χ0) is 14.0. The van der Waals surface area contributed by atoms with E-state index < -0.39 is 0 Å². The average molecular weight is 258 g/mol. The maximum Gasteiger partial charge on any atom is 0.223 e. The summed E-state index contributed by atoms with van der Waals surface area (Å²) in [7, 11) is 1.99. The molecule has 0 aromatic rings. The molecule has 0 aliphatic heterocycles. The van der Waals surface area contributed by atoms with E-state index in [4.69, 9.17) is 0 Å². The molecule has 4 nitrogen and oxygen atoms in total. The van der Waals surface area contributed by atoms with Crippen LogP contribution in [-0.4, -0.2) is 56.7 Å². The average Bonchev–Trinajstić information content (AvgIpc) is 2.41. The lowest BCUT2D eigenvalue weighted by Gasteiger charge is -2.37. The van der Waals surface area contributed by atoms with E-state index >= 15 is 0 Å². The molecule has 4 heteroatoms. The van der Waals surface area contributed by atoms with Gasteiger partial charge in [0, 0.05) is 12.5 Å². The van der Waals surface area contributed by atoms with Crippen LogP contribution in [-0.2, 0) is 4.79 Å². The number of hydrogen-bond acceptors (Lipinski definition) is 2. The van der Waals surface area contributed by atoms with Gasteiger partial charge in [0.15, 0.2) is 0 Å². The summed E-state index contributed by atoms with van der Waals surface area (Å²) >= 11 is 0. The van der Waals surface area contributed by atoms with Crippen LogP contribution in [0.2, 0.25) is 0 Å². The van der Waals surface area contributed by atoms with Crippen molar-refractivity contribution >= 4 is 5.91 Å². The van der Waals surface area contributed by atoms with Gasteiger partial charge in [-0.05, 0) is 27.3 Å². The Balaban J connectivity index is 4.15. The number of nitrogens with one attached hydrogen (secondary N) is 2. The van der Waals surface area contributed by atoms with Crippen molar-refractivity contribution in [3.63, 3.8) is 0 Å². The lowest BCUT2D eigenvalue weighted by Crippen LogP contribution is -2.54. The first-order chi connectivity index (χ1) is 8.55. The fourth-order valence-electron chi connectivity index (χ4n) is 2.09. The highest BCUT2D eigenvalue weighted by molar-refractivity contribution is 5.78. The minimum Gasteiger partial charge on any atom is -0.350 e. The summed E-state index contributed by atoms with van der Waals surface area (Å²) in [5, 5.41) is 6.27. The monoisotopic (exact) mass is 258 g/mol. The number of rotatable bonds is 10. The maximum absolute atomic E-state index is 11.7. The SMILES string of the molecule is CCC(C)C(=O)NCC[N+](CC)(CC)CCNC. The Labute approximate surface area is 113 Å². The van der Waals surface area contributed by atoms with Gasteiger partial charge in [-0.15, -0.1) is 0 Å². The quantitative estimate of drug-likeness (QED) is 0.579. The van der Waals surface area contributed by atoms with Gasteiger partial charge in [0.1, 0.15) is 0 Å². The molecule has 1 unspecified atom stereocenters. The molecule has 0 heterocycles. The van der Waals surface area contributed by atoms with Crippen LogP contribution in [0.4, 0.5) is 0 Å². The van der Waals surface area contributed by atoms with E-state index in [0.717, 1.165) is 50.2 Å². The smallest absolute Gasteiger partial charge is 0.223 e. The Bertz CT molecular complexity index is 227. The predicted octanol–water partition coefficient (Wildman–Crippen LogP) is 1.22. The minimum absolute atomic E-state index is 0.132. The summed E-state index contributed by atoms with van der Waals surface area (Å²) in [6, 6.07) is 0. The van der Waals surface area contributed by atoms with Crippen molar-refractivity contribution in [1.29, 1.82) is 0 Å². The number of hydrogen-bond donors (Lipinski definition) is 2. The van der Waals surface area contributed by atoms with Gasteiger partial charge in [0.25, 0.3) is 0 Å². The van der Waals surface area contributed by atoms with Crippen molar-refractivity contribution in [2.45, 2.75) is 34.1 Å². The Hall–Kier alpha value is -0.610. The molecule has 0 saturated carbocycles. The summed E-state index contributed by atoms with van der Waals surface area (Å²) in [5.41, 5.74) is 0. The predicted molar refractivity (Wildman–Crippen MR) is 77.5 cm³/mol. The van der Waals surface area contributed by atoms with Crippen molar-refractivity contribution in [2.75, 3.05) is 46.3 Å². The van der Waals surface area contributed by atoms with Crippen molar-refractivity contribution < 1.29 is 9.28 Å². The molecule has 1 atom stereocenters. The van der Waals surface area contributed by atoms with Crippen LogP contribution in [0.15, 0.2) is 0 Å². The van der Waals surface area contributed by atoms with E-state index in [1.807, 2.05) is 14.0 Å². The molecule has 0 radical (unpaired) electrons. The van der Waals surface area contributed by atoms with Crippen molar-refractivity contribution in [1.82, 2.24) is 10.6 Å². The first-order valence-corrected chi connectivity index (χ1v) is 7.32. The molecule has 0 rings (SSSR count). The van der Waals surface area contributed by atoms with E-state index in [1.165, 1.54) is 0 Å². The highest BCUT2D eigenvalue weighted by atomic mass is 16.1. The standard InChI is InChI=1S/C14H31N3O/c1-6-13(4)14(18)16-10-12-17(7-2,8-3)11-9-15-5/h13,15H,6-12H2,1-5H3/p+1. The third-order valence-electron chi connectivity index (χ3n) is 4.12. The van der Waals surface area contributed by atoms with Crippen molar-refractivity contribution in [2.24, 2.45) is 5.92 Å². The summed E-state index contributed by atoms with van der Waals surface area (Å²) < 4.78 is 1.07. The fraction of sp³-hybridized carbons (Fsp3) is 0.929. The Kier molecular flexibility index (Phi) is 9.02. The molecule has 0 spiro atoms. The van der Waals surface area contributed by atoms with Crippen LogP contribution in [0, 0.1) is 5.92 Å². The molecule has 0 aliphatic carbocycles. The normalized spacial score (nSPS) is 13.4. The molecule has 18 heavy (non-hydrogen) atoms. The highest BCUT2D eigenvalue weighted by Crippen LogP contribution is 2.05. The van der Waals surface area contributed by atoms with E-state index in [2.05, 4.69) is 31.4 Å². The molecule has 0 fully saturated rings. The number of nitrogens with zero attached hydrogens (tertiary/aromatic N) is 1. The second-order valence-corrected chi connectivity index (χ2v) is 5.13. The molecule has 0 aromatic heterocycles. The van der Waals surface area contributed by atoms with Gasteiger partial charge in [0.05, 0.1) is 32.7 Å². The molecule has 0 bridgehead atoms. The molecule has 2 N–H and O–H groups in total. The fourth-order valence-corrected chi connectivity index (χ4v) is 2.09. The van der Waals surface area contributed by atoms with Crippen LogP contribution in [0.1, 0.15) is 34.1 Å². The van der Waals surface area contributed by atoms with E-state index in [1.54, 1.807) is 0 Å². The Morgan fingerprint density at radius 3 is 2.11 bits per heavy atom. The third kappa shape index (κ3) is 5.83. The summed E-state index contributed by atoms with van der Waals surface area (Å²) in [5.74, 6) is 0.323. The first-order valence-electron chi connectivity index (χ1n) is 7.32. The molecular weight excluding hydrogens is 226 g/mol. The number of quaternary nitrogens is 1. The molecular formula is C14H32N3O+. The van der Waals surface area contributed by atoms with Gasteiger partial charge in [0.2, 0.25) is 5.91 Å². The largest absolute Gasteiger partial charge is 0.350 e. The van der Waals surface area contributed by atoms with Crippen LogP contribution in [0.3, 0.4) is 0 Å². The highest BCUT2D eigenvalue weighted by Gasteiger charge is 2.22. The zero-order valence-corrected chi connectivity index (χ0v) is 12.9. The van der Waals surface area contributed by atoms with Crippen LogP contribution in [0.25, 0.3) is 0 Å². The third-order valence-corrected chi connectivity index (χ3v) is 4.12. The number of likely N-dealkylation sites (N-methyl/N-ethyl adjacent to an activating group) is 2. The summed E-state index contributed by atoms with van der Waals surface area (Å²) in [4.78, 5) is 11.7. The van der Waals surface area contributed by atoms with Crippen molar-refractivity contribution in [3.8, 4) is 0 Å². The number of amides is 1.